The molecule has 0 amide bonds. The lowest BCUT2D eigenvalue weighted by Gasteiger charge is -2.09. The first-order valence-corrected chi connectivity index (χ1v) is 8.80. The van der Waals surface area contributed by atoms with Gasteiger partial charge in [-0.25, -0.2) is 9.97 Å². The highest BCUT2D eigenvalue weighted by Gasteiger charge is 2.20. The molecular weight excluding hydrogens is 352 g/mol. The van der Waals surface area contributed by atoms with Gasteiger partial charge in [-0.1, -0.05) is 6.07 Å². The van der Waals surface area contributed by atoms with Crippen molar-refractivity contribution in [2.45, 2.75) is 6.92 Å². The Morgan fingerprint density at radius 1 is 1.14 bits per heavy atom. The van der Waals surface area contributed by atoms with Gasteiger partial charge in [0, 0.05) is 41.3 Å². The Bertz CT molecular complexity index is 1350. The summed E-state index contributed by atoms with van der Waals surface area (Å²) in [6.45, 7) is 2.06. The van der Waals surface area contributed by atoms with Crippen molar-refractivity contribution in [3.63, 3.8) is 0 Å². The van der Waals surface area contributed by atoms with Crippen LogP contribution in [0.25, 0.3) is 27.8 Å². The molecule has 0 spiro atoms. The van der Waals surface area contributed by atoms with Gasteiger partial charge >= 0.3 is 0 Å². The number of carbonyl (C=O) groups excluding carboxylic acids is 1. The summed E-state index contributed by atoms with van der Waals surface area (Å²) in [6.07, 6.45) is 7.16. The third-order valence-electron chi connectivity index (χ3n) is 4.93. The zero-order valence-electron chi connectivity index (χ0n) is 15.0. The quantitative estimate of drug-likeness (QED) is 0.475. The number of anilines is 1. The predicted octanol–water partition coefficient (Wildman–Crippen LogP) is 3.39. The summed E-state index contributed by atoms with van der Waals surface area (Å²) < 4.78 is 1.72. The third-order valence-corrected chi connectivity index (χ3v) is 4.93. The monoisotopic (exact) mass is 368 g/mol. The molecule has 136 valence electrons. The van der Waals surface area contributed by atoms with Gasteiger partial charge in [0.05, 0.1) is 0 Å². The number of ketones is 1. The molecule has 0 radical (unpaired) electrons. The summed E-state index contributed by atoms with van der Waals surface area (Å²) in [4.78, 5) is 29.1. The van der Waals surface area contributed by atoms with Crippen LogP contribution in [0.1, 0.15) is 21.7 Å². The summed E-state index contributed by atoms with van der Waals surface area (Å²) in [5.74, 6) is -0.0811. The van der Waals surface area contributed by atoms with Crippen LogP contribution in [0.4, 0.5) is 5.82 Å². The average molecular weight is 368 g/mol. The molecule has 0 fully saturated rings. The number of aryl methyl sites for hydroxylation is 1. The van der Waals surface area contributed by atoms with Crippen LogP contribution in [0.2, 0.25) is 0 Å². The fourth-order valence-electron chi connectivity index (χ4n) is 3.50. The summed E-state index contributed by atoms with van der Waals surface area (Å²) in [5, 5.41) is 1.06. The number of aromatic amines is 1. The number of imidazole rings is 1. The number of carbonyl (C=O) groups is 1. The Morgan fingerprint density at radius 2 is 2.04 bits per heavy atom. The second-order valence-electron chi connectivity index (χ2n) is 6.57. The van der Waals surface area contributed by atoms with Crippen LogP contribution < -0.4 is 5.73 Å². The number of fused-ring (bicyclic) bond motifs is 2. The van der Waals surface area contributed by atoms with Crippen molar-refractivity contribution >= 4 is 28.3 Å². The van der Waals surface area contributed by atoms with Crippen molar-refractivity contribution in [2.75, 3.05) is 5.73 Å². The summed E-state index contributed by atoms with van der Waals surface area (Å²) >= 11 is 0. The van der Waals surface area contributed by atoms with Crippen molar-refractivity contribution < 1.29 is 4.79 Å². The molecule has 5 rings (SSSR count). The van der Waals surface area contributed by atoms with Crippen molar-refractivity contribution in [2.24, 2.45) is 0 Å². The van der Waals surface area contributed by atoms with Crippen LogP contribution in [-0.2, 0) is 0 Å². The van der Waals surface area contributed by atoms with Crippen molar-refractivity contribution in [3.8, 4) is 11.1 Å². The minimum absolute atomic E-state index is 0.184. The van der Waals surface area contributed by atoms with Gasteiger partial charge < -0.3 is 10.7 Å². The normalized spacial score (nSPS) is 11.3. The largest absolute Gasteiger partial charge is 0.382 e. The first kappa shape index (κ1) is 16.2. The molecule has 0 aliphatic heterocycles. The number of nitrogens with one attached hydrogen (secondary N) is 1. The van der Waals surface area contributed by atoms with E-state index in [1.165, 1.54) is 0 Å². The van der Waals surface area contributed by atoms with Gasteiger partial charge in [-0.2, -0.15) is 0 Å². The molecular formula is C21H16N6O. The molecule has 7 nitrogen and oxygen atoms in total. The molecule has 0 saturated heterocycles. The van der Waals surface area contributed by atoms with E-state index in [9.17, 15) is 4.79 Å². The Balaban J connectivity index is 1.70. The number of aromatic nitrogens is 5. The van der Waals surface area contributed by atoms with Crippen LogP contribution in [0.3, 0.4) is 0 Å². The Kier molecular flexibility index (Phi) is 3.48. The molecule has 0 unspecified atom stereocenters. The molecule has 0 saturated carbocycles. The Morgan fingerprint density at radius 3 is 2.86 bits per heavy atom. The lowest BCUT2D eigenvalue weighted by atomic mass is 10.0. The fourth-order valence-corrected chi connectivity index (χ4v) is 3.50. The molecule has 5 heterocycles. The number of rotatable bonds is 3. The number of hydrogen-bond donors (Lipinski definition) is 2. The number of nitrogen functional groups attached to an aromatic ring is 1. The SMILES string of the molecule is Cc1c(-c2ccc3nc(N)c(C(=O)c4ccccn4)n3c2)cnc2[nH]ccc12. The van der Waals surface area contributed by atoms with E-state index in [1.54, 1.807) is 28.8 Å². The number of nitrogens with two attached hydrogens (primary N) is 1. The van der Waals surface area contributed by atoms with Gasteiger partial charge in [0.1, 0.15) is 22.7 Å². The van der Waals surface area contributed by atoms with Crippen molar-refractivity contribution in [1.29, 1.82) is 0 Å². The maximum Gasteiger partial charge on any atom is 0.231 e. The Labute approximate surface area is 159 Å². The van der Waals surface area contributed by atoms with E-state index in [-0.39, 0.29) is 11.6 Å². The van der Waals surface area contributed by atoms with Crippen LogP contribution >= 0.6 is 0 Å². The van der Waals surface area contributed by atoms with Crippen LogP contribution in [0, 0.1) is 6.92 Å². The van der Waals surface area contributed by atoms with E-state index in [0.717, 1.165) is 27.7 Å². The van der Waals surface area contributed by atoms with E-state index in [0.29, 0.717) is 17.0 Å². The predicted molar refractivity (Wildman–Crippen MR) is 107 cm³/mol. The summed E-state index contributed by atoms with van der Waals surface area (Å²) in [6, 6.07) is 11.0. The minimum Gasteiger partial charge on any atom is -0.382 e. The third kappa shape index (κ3) is 2.37. The standard InChI is InChI=1S/C21H16N6O/c1-12-14-7-9-24-21(14)25-10-15(12)13-5-6-17-26-20(22)18(27(17)11-13)19(28)16-4-2-3-8-23-16/h2-11H,22H2,1H3,(H,24,25). The van der Waals surface area contributed by atoms with Crippen molar-refractivity contribution in [1.82, 2.24) is 24.3 Å². The fraction of sp³-hybridized carbons (Fsp3) is 0.0476. The average Bonchev–Trinajstić information content (AvgIpc) is 3.32. The second-order valence-corrected chi connectivity index (χ2v) is 6.57. The first-order valence-electron chi connectivity index (χ1n) is 8.80. The molecule has 3 N–H and O–H groups in total. The maximum atomic E-state index is 13.0. The van der Waals surface area contributed by atoms with Crippen molar-refractivity contribution in [3.05, 3.63) is 78.1 Å². The van der Waals surface area contributed by atoms with E-state index in [1.807, 2.05) is 36.8 Å². The highest BCUT2D eigenvalue weighted by molar-refractivity contribution is 6.10. The van der Waals surface area contributed by atoms with Gasteiger partial charge in [0.2, 0.25) is 5.78 Å². The van der Waals surface area contributed by atoms with Gasteiger partial charge in [-0.3, -0.25) is 14.2 Å². The number of nitrogens with zero attached hydrogens (tertiary/aromatic N) is 4. The van der Waals surface area contributed by atoms with E-state index >= 15 is 0 Å². The molecule has 7 heteroatoms. The lowest BCUT2D eigenvalue weighted by Crippen LogP contribution is -2.09. The molecule has 0 aliphatic rings. The van der Waals surface area contributed by atoms with Gasteiger partial charge in [0.15, 0.2) is 5.82 Å². The van der Waals surface area contributed by atoms with E-state index in [2.05, 4.69) is 26.9 Å². The number of pyridine rings is 3. The topological polar surface area (TPSA) is 102 Å². The van der Waals surface area contributed by atoms with E-state index < -0.39 is 0 Å². The molecule has 0 bridgehead atoms. The molecule has 5 aromatic rings. The zero-order valence-corrected chi connectivity index (χ0v) is 15.0. The lowest BCUT2D eigenvalue weighted by molar-refractivity contribution is 0.103. The number of hydrogen-bond acceptors (Lipinski definition) is 5. The summed E-state index contributed by atoms with van der Waals surface area (Å²) in [5.41, 5.74) is 11.2. The highest BCUT2D eigenvalue weighted by Crippen LogP contribution is 2.29. The zero-order chi connectivity index (χ0) is 19.3. The van der Waals surface area contributed by atoms with Gasteiger partial charge in [-0.05, 0) is 42.8 Å². The second kappa shape index (κ2) is 6.02. The Hall–Kier alpha value is -4.00. The first-order chi connectivity index (χ1) is 13.6. The smallest absolute Gasteiger partial charge is 0.231 e. The van der Waals surface area contributed by atoms with Gasteiger partial charge in [-0.15, -0.1) is 0 Å². The molecule has 28 heavy (non-hydrogen) atoms. The van der Waals surface area contributed by atoms with Crippen LogP contribution in [0.5, 0.6) is 0 Å². The highest BCUT2D eigenvalue weighted by atomic mass is 16.1. The van der Waals surface area contributed by atoms with Crippen LogP contribution in [-0.4, -0.2) is 30.1 Å². The minimum atomic E-state index is -0.265. The number of H-pyrrole nitrogens is 1. The van der Waals surface area contributed by atoms with E-state index in [4.69, 9.17) is 5.73 Å². The van der Waals surface area contributed by atoms with Crippen LogP contribution in [0.15, 0.2) is 61.2 Å². The molecule has 0 aliphatic carbocycles. The molecule has 0 aromatic carbocycles. The van der Waals surface area contributed by atoms with Gasteiger partial charge in [0.25, 0.3) is 0 Å². The molecule has 0 atom stereocenters. The maximum absolute atomic E-state index is 13.0. The molecule has 5 aromatic heterocycles. The summed E-state index contributed by atoms with van der Waals surface area (Å²) in [7, 11) is 0.